The van der Waals surface area contributed by atoms with E-state index < -0.39 is 6.17 Å². The summed E-state index contributed by atoms with van der Waals surface area (Å²) < 4.78 is 13.5. The van der Waals surface area contributed by atoms with Crippen LogP contribution in [0.25, 0.3) is 11.3 Å². The van der Waals surface area contributed by atoms with Crippen molar-refractivity contribution in [3.05, 3.63) is 40.5 Å². The van der Waals surface area contributed by atoms with Crippen LogP contribution in [-0.4, -0.2) is 42.3 Å². The van der Waals surface area contributed by atoms with Gasteiger partial charge in [-0.1, -0.05) is 23.7 Å². The molecule has 1 fully saturated rings. The Labute approximate surface area is 152 Å². The second kappa shape index (κ2) is 7.26. The maximum absolute atomic E-state index is 13.5. The minimum atomic E-state index is -0.697. The first-order valence-corrected chi connectivity index (χ1v) is 9.34. The third kappa shape index (κ3) is 3.62. The van der Waals surface area contributed by atoms with Crippen molar-refractivity contribution in [1.29, 1.82) is 0 Å². The number of anilines is 1. The predicted molar refractivity (Wildman–Crippen MR) is 99.1 cm³/mol. The number of hydrogen-bond acceptors (Lipinski definition) is 4. The summed E-state index contributed by atoms with van der Waals surface area (Å²) in [5, 5.41) is 4.15. The fourth-order valence-corrected chi connectivity index (χ4v) is 3.69. The van der Waals surface area contributed by atoms with Gasteiger partial charge < -0.3 is 10.2 Å². The van der Waals surface area contributed by atoms with Gasteiger partial charge in [-0.05, 0) is 37.9 Å². The number of piperidine rings is 1. The number of halogens is 2. The summed E-state index contributed by atoms with van der Waals surface area (Å²) in [4.78, 5) is 11.9. The molecular formula is C19H22ClFN4. The van der Waals surface area contributed by atoms with E-state index in [2.05, 4.69) is 10.2 Å². The zero-order chi connectivity index (χ0) is 17.2. The van der Waals surface area contributed by atoms with Crippen LogP contribution in [0, 0.1) is 0 Å². The molecule has 0 saturated carbocycles. The molecule has 0 bridgehead atoms. The Morgan fingerprint density at radius 3 is 2.52 bits per heavy atom. The van der Waals surface area contributed by atoms with Gasteiger partial charge in [-0.2, -0.15) is 0 Å². The van der Waals surface area contributed by atoms with E-state index in [1.807, 2.05) is 24.3 Å². The summed E-state index contributed by atoms with van der Waals surface area (Å²) in [5.74, 6) is 0.734. The number of alkyl halides is 1. The van der Waals surface area contributed by atoms with Gasteiger partial charge in [0.1, 0.15) is 6.17 Å². The van der Waals surface area contributed by atoms with Crippen molar-refractivity contribution in [2.45, 2.75) is 31.9 Å². The number of nitrogens with one attached hydrogen (secondary N) is 1. The van der Waals surface area contributed by atoms with Gasteiger partial charge in [0, 0.05) is 42.2 Å². The molecule has 1 aromatic carbocycles. The molecular weight excluding hydrogens is 339 g/mol. The number of rotatable bonds is 2. The molecule has 0 unspecified atom stereocenters. The Morgan fingerprint density at radius 1 is 1.04 bits per heavy atom. The lowest BCUT2D eigenvalue weighted by molar-refractivity contribution is 0.276. The van der Waals surface area contributed by atoms with E-state index in [0.29, 0.717) is 25.9 Å². The van der Waals surface area contributed by atoms with E-state index in [-0.39, 0.29) is 0 Å². The Hall–Kier alpha value is -1.72. The Bertz CT molecular complexity index is 742. The van der Waals surface area contributed by atoms with Crippen molar-refractivity contribution in [1.82, 2.24) is 15.3 Å². The number of hydrogen-bond donors (Lipinski definition) is 1. The quantitative estimate of drug-likeness (QED) is 0.891. The summed E-state index contributed by atoms with van der Waals surface area (Å²) in [6, 6.07) is 7.82. The zero-order valence-corrected chi connectivity index (χ0v) is 14.9. The summed E-state index contributed by atoms with van der Waals surface area (Å²) in [5.41, 5.74) is 4.38. The molecule has 2 aromatic rings. The van der Waals surface area contributed by atoms with Crippen molar-refractivity contribution in [3.63, 3.8) is 0 Å². The van der Waals surface area contributed by atoms with Gasteiger partial charge in [-0.25, -0.2) is 14.4 Å². The molecule has 1 aromatic heterocycles. The first kappa shape index (κ1) is 16.7. The summed E-state index contributed by atoms with van der Waals surface area (Å²) >= 11 is 6.05. The van der Waals surface area contributed by atoms with E-state index in [4.69, 9.17) is 21.6 Å². The molecule has 6 heteroatoms. The lowest BCUT2D eigenvalue weighted by Gasteiger charge is -2.29. The minimum absolute atomic E-state index is 0.554. The molecule has 1 saturated heterocycles. The van der Waals surface area contributed by atoms with Crippen LogP contribution in [0.15, 0.2) is 24.3 Å². The van der Waals surface area contributed by atoms with Crippen LogP contribution in [0.2, 0.25) is 5.02 Å². The van der Waals surface area contributed by atoms with Crippen LogP contribution in [0.3, 0.4) is 0 Å². The number of fused-ring (bicyclic) bond motifs is 1. The Kier molecular flexibility index (Phi) is 4.86. The maximum atomic E-state index is 13.5. The topological polar surface area (TPSA) is 41.1 Å². The van der Waals surface area contributed by atoms with E-state index in [9.17, 15) is 4.39 Å². The molecule has 0 aliphatic carbocycles. The molecule has 2 aliphatic rings. The van der Waals surface area contributed by atoms with Gasteiger partial charge in [-0.3, -0.25) is 0 Å². The predicted octanol–water partition coefficient (Wildman–Crippen LogP) is 3.42. The Morgan fingerprint density at radius 2 is 1.76 bits per heavy atom. The number of aromatic nitrogens is 2. The van der Waals surface area contributed by atoms with Crippen LogP contribution in [0.5, 0.6) is 0 Å². The van der Waals surface area contributed by atoms with Crippen LogP contribution in [0.4, 0.5) is 10.3 Å². The van der Waals surface area contributed by atoms with Crippen LogP contribution < -0.4 is 10.2 Å². The summed E-state index contributed by atoms with van der Waals surface area (Å²) in [6.45, 7) is 3.22. The van der Waals surface area contributed by atoms with Gasteiger partial charge in [0.05, 0.1) is 11.4 Å². The third-order valence-electron chi connectivity index (χ3n) is 5.00. The van der Waals surface area contributed by atoms with Crippen molar-refractivity contribution in [2.75, 3.05) is 31.1 Å². The van der Waals surface area contributed by atoms with Crippen molar-refractivity contribution < 1.29 is 4.39 Å². The van der Waals surface area contributed by atoms with E-state index in [0.717, 1.165) is 53.9 Å². The van der Waals surface area contributed by atoms with E-state index in [1.165, 1.54) is 5.56 Å². The normalized spacial score (nSPS) is 18.7. The fraction of sp³-hybridized carbons (Fsp3) is 0.474. The molecule has 132 valence electrons. The van der Waals surface area contributed by atoms with Crippen molar-refractivity contribution in [3.8, 4) is 11.3 Å². The summed E-state index contributed by atoms with van der Waals surface area (Å²) in [6.07, 6.45) is 2.22. The highest BCUT2D eigenvalue weighted by Gasteiger charge is 2.24. The molecule has 0 spiro atoms. The monoisotopic (exact) mass is 360 g/mol. The Balaban J connectivity index is 1.77. The number of nitrogens with zero attached hydrogens (tertiary/aromatic N) is 3. The molecule has 2 aliphatic heterocycles. The number of benzene rings is 1. The SMILES string of the molecule is FC1CCN(c2nc3c(c(-c4ccc(Cl)cc4)n2)CCNCC3)CC1. The van der Waals surface area contributed by atoms with E-state index >= 15 is 0 Å². The minimum Gasteiger partial charge on any atom is -0.341 e. The average molecular weight is 361 g/mol. The lowest BCUT2D eigenvalue weighted by atomic mass is 10.0. The second-order valence-corrected chi connectivity index (χ2v) is 7.15. The van der Waals surface area contributed by atoms with E-state index in [1.54, 1.807) is 0 Å². The first-order chi connectivity index (χ1) is 12.2. The van der Waals surface area contributed by atoms with Crippen molar-refractivity contribution in [2.24, 2.45) is 0 Å². The summed E-state index contributed by atoms with van der Waals surface area (Å²) in [7, 11) is 0. The lowest BCUT2D eigenvalue weighted by Crippen LogP contribution is -2.36. The fourth-order valence-electron chi connectivity index (χ4n) is 3.57. The third-order valence-corrected chi connectivity index (χ3v) is 5.25. The highest BCUT2D eigenvalue weighted by atomic mass is 35.5. The molecule has 0 amide bonds. The second-order valence-electron chi connectivity index (χ2n) is 6.72. The maximum Gasteiger partial charge on any atom is 0.226 e. The van der Waals surface area contributed by atoms with Gasteiger partial charge in [0.15, 0.2) is 0 Å². The molecule has 0 atom stereocenters. The van der Waals surface area contributed by atoms with Gasteiger partial charge in [0.25, 0.3) is 0 Å². The smallest absolute Gasteiger partial charge is 0.226 e. The van der Waals surface area contributed by atoms with Crippen LogP contribution in [-0.2, 0) is 12.8 Å². The molecule has 4 rings (SSSR count). The standard InChI is InChI=1S/C19H22ClFN4/c20-14-3-1-13(2-4-14)18-16-5-9-22-10-6-17(16)23-19(24-18)25-11-7-15(21)8-12-25/h1-4,15,22H,5-12H2. The average Bonchev–Trinajstić information content (AvgIpc) is 2.88. The first-order valence-electron chi connectivity index (χ1n) is 8.96. The van der Waals surface area contributed by atoms with Crippen molar-refractivity contribution >= 4 is 17.5 Å². The van der Waals surface area contributed by atoms with Gasteiger partial charge >= 0.3 is 0 Å². The molecule has 25 heavy (non-hydrogen) atoms. The highest BCUT2D eigenvalue weighted by molar-refractivity contribution is 6.30. The molecule has 0 radical (unpaired) electrons. The van der Waals surface area contributed by atoms with Crippen LogP contribution in [0.1, 0.15) is 24.1 Å². The molecule has 3 heterocycles. The largest absolute Gasteiger partial charge is 0.341 e. The molecule has 1 N–H and O–H groups in total. The van der Waals surface area contributed by atoms with Gasteiger partial charge in [0.2, 0.25) is 5.95 Å². The van der Waals surface area contributed by atoms with Gasteiger partial charge in [-0.15, -0.1) is 0 Å². The highest BCUT2D eigenvalue weighted by Crippen LogP contribution is 2.29. The zero-order valence-electron chi connectivity index (χ0n) is 14.1. The van der Waals surface area contributed by atoms with Crippen LogP contribution >= 0.6 is 11.6 Å². The molecule has 4 nitrogen and oxygen atoms in total.